The smallest absolute Gasteiger partial charge is 0.243 e. The molecular weight excluding hydrogens is 312 g/mol. The number of aryl methyl sites for hydroxylation is 2. The number of piperazine rings is 1. The first kappa shape index (κ1) is 18.4. The van der Waals surface area contributed by atoms with E-state index in [1.165, 1.54) is 0 Å². The molecule has 0 saturated carbocycles. The number of methoxy groups -OCH3 is 1. The molecule has 1 aliphatic heterocycles. The van der Waals surface area contributed by atoms with E-state index >= 15 is 0 Å². The van der Waals surface area contributed by atoms with Crippen molar-refractivity contribution in [2.45, 2.75) is 44.7 Å². The van der Waals surface area contributed by atoms with E-state index < -0.39 is 10.0 Å². The van der Waals surface area contributed by atoms with Crippen LogP contribution >= 0.6 is 0 Å². The van der Waals surface area contributed by atoms with E-state index in [2.05, 4.69) is 18.7 Å². The van der Waals surface area contributed by atoms with E-state index in [1.54, 1.807) is 17.5 Å². The summed E-state index contributed by atoms with van der Waals surface area (Å²) in [6.07, 6.45) is 0. The average molecular weight is 340 g/mol. The van der Waals surface area contributed by atoms with Gasteiger partial charge in [-0.3, -0.25) is 4.90 Å². The van der Waals surface area contributed by atoms with Gasteiger partial charge in [0.05, 0.1) is 11.5 Å². The molecule has 0 aliphatic carbocycles. The van der Waals surface area contributed by atoms with Crippen LogP contribution in [0.2, 0.25) is 0 Å². The maximum absolute atomic E-state index is 13.1. The lowest BCUT2D eigenvalue weighted by Gasteiger charge is -2.43. The first-order valence-electron chi connectivity index (χ1n) is 8.09. The summed E-state index contributed by atoms with van der Waals surface area (Å²) in [4.78, 5) is 2.75. The Morgan fingerprint density at radius 2 is 1.78 bits per heavy atom. The third-order valence-electron chi connectivity index (χ3n) is 4.58. The van der Waals surface area contributed by atoms with Crippen molar-refractivity contribution < 1.29 is 13.2 Å². The Balaban J connectivity index is 2.24. The maximum atomic E-state index is 13.1. The van der Waals surface area contributed by atoms with Crippen LogP contribution < -0.4 is 0 Å². The molecule has 1 fully saturated rings. The molecule has 0 amide bonds. The molecule has 0 N–H and O–H groups in total. The predicted molar refractivity (Wildman–Crippen MR) is 92.2 cm³/mol. The van der Waals surface area contributed by atoms with Gasteiger partial charge in [0.1, 0.15) is 0 Å². The third-order valence-corrected chi connectivity index (χ3v) is 6.56. The van der Waals surface area contributed by atoms with Gasteiger partial charge in [0, 0.05) is 38.8 Å². The second kappa shape index (κ2) is 7.30. The lowest BCUT2D eigenvalue weighted by molar-refractivity contribution is 0.0495. The summed E-state index contributed by atoms with van der Waals surface area (Å²) in [7, 11) is -1.76. The first-order valence-corrected chi connectivity index (χ1v) is 9.53. The zero-order valence-electron chi connectivity index (χ0n) is 14.7. The van der Waals surface area contributed by atoms with Crippen LogP contribution in [0.25, 0.3) is 0 Å². The number of nitrogens with zero attached hydrogens (tertiary/aromatic N) is 2. The molecule has 2 unspecified atom stereocenters. The van der Waals surface area contributed by atoms with Crippen molar-refractivity contribution in [2.24, 2.45) is 0 Å². The molecule has 1 saturated heterocycles. The van der Waals surface area contributed by atoms with Crippen molar-refractivity contribution in [2.75, 3.05) is 33.4 Å². The summed E-state index contributed by atoms with van der Waals surface area (Å²) < 4.78 is 32.9. The fourth-order valence-corrected chi connectivity index (χ4v) is 5.18. The summed E-state index contributed by atoms with van der Waals surface area (Å²) in [5.74, 6) is 0. The van der Waals surface area contributed by atoms with E-state index in [0.717, 1.165) is 17.7 Å². The molecule has 1 aliphatic rings. The SMILES string of the molecule is COCCN1C(C)CN(S(=O)(=O)c2cc(C)ccc2C)CC1C. The third kappa shape index (κ3) is 3.94. The van der Waals surface area contributed by atoms with Crippen molar-refractivity contribution in [1.82, 2.24) is 9.21 Å². The highest BCUT2D eigenvalue weighted by Crippen LogP contribution is 2.25. The Morgan fingerprint density at radius 1 is 1.17 bits per heavy atom. The Bertz CT molecular complexity index is 633. The molecule has 0 radical (unpaired) electrons. The summed E-state index contributed by atoms with van der Waals surface area (Å²) in [5.41, 5.74) is 1.77. The van der Waals surface area contributed by atoms with Gasteiger partial charge in [-0.1, -0.05) is 12.1 Å². The van der Waals surface area contributed by atoms with Crippen LogP contribution in [-0.4, -0.2) is 63.1 Å². The lowest BCUT2D eigenvalue weighted by atomic mass is 10.1. The average Bonchev–Trinajstić information content (AvgIpc) is 2.48. The number of ether oxygens (including phenoxy) is 1. The monoisotopic (exact) mass is 340 g/mol. The highest BCUT2D eigenvalue weighted by molar-refractivity contribution is 7.89. The van der Waals surface area contributed by atoms with Gasteiger partial charge in [-0.25, -0.2) is 8.42 Å². The fraction of sp³-hybridized carbons (Fsp3) is 0.647. The Hall–Kier alpha value is -0.950. The van der Waals surface area contributed by atoms with Gasteiger partial charge >= 0.3 is 0 Å². The highest BCUT2D eigenvalue weighted by atomic mass is 32.2. The molecule has 5 nitrogen and oxygen atoms in total. The molecule has 1 aromatic carbocycles. The molecule has 130 valence electrons. The molecule has 0 bridgehead atoms. The number of benzene rings is 1. The van der Waals surface area contributed by atoms with Crippen LogP contribution in [0.5, 0.6) is 0 Å². The minimum Gasteiger partial charge on any atom is -0.383 e. The normalized spacial score (nSPS) is 24.0. The van der Waals surface area contributed by atoms with E-state index in [4.69, 9.17) is 4.74 Å². The first-order chi connectivity index (χ1) is 10.8. The van der Waals surface area contributed by atoms with Crippen LogP contribution in [0, 0.1) is 13.8 Å². The van der Waals surface area contributed by atoms with E-state index in [9.17, 15) is 8.42 Å². The molecule has 0 spiro atoms. The molecule has 1 heterocycles. The van der Waals surface area contributed by atoms with Gasteiger partial charge in [0.2, 0.25) is 10.0 Å². The van der Waals surface area contributed by atoms with Crippen LogP contribution in [0.1, 0.15) is 25.0 Å². The second-order valence-electron chi connectivity index (χ2n) is 6.52. The van der Waals surface area contributed by atoms with Crippen LogP contribution in [0.4, 0.5) is 0 Å². The number of hydrogen-bond acceptors (Lipinski definition) is 4. The van der Waals surface area contributed by atoms with Crippen molar-refractivity contribution >= 4 is 10.0 Å². The minimum atomic E-state index is -3.45. The van der Waals surface area contributed by atoms with E-state index in [0.29, 0.717) is 24.6 Å². The lowest BCUT2D eigenvalue weighted by Crippen LogP contribution is -2.58. The van der Waals surface area contributed by atoms with Gasteiger partial charge in [-0.15, -0.1) is 0 Å². The quantitative estimate of drug-likeness (QED) is 0.823. The molecular formula is C17H28N2O3S. The zero-order chi connectivity index (χ0) is 17.2. The van der Waals surface area contributed by atoms with Gasteiger partial charge in [-0.2, -0.15) is 4.31 Å². The van der Waals surface area contributed by atoms with Crippen molar-refractivity contribution in [3.05, 3.63) is 29.3 Å². The second-order valence-corrected chi connectivity index (χ2v) is 8.43. The Morgan fingerprint density at radius 3 is 2.35 bits per heavy atom. The van der Waals surface area contributed by atoms with Crippen molar-refractivity contribution in [1.29, 1.82) is 0 Å². The number of rotatable bonds is 5. The van der Waals surface area contributed by atoms with Gasteiger partial charge < -0.3 is 4.74 Å². The molecule has 0 aromatic heterocycles. The Kier molecular flexibility index (Phi) is 5.84. The Labute approximate surface area is 140 Å². The zero-order valence-corrected chi connectivity index (χ0v) is 15.6. The van der Waals surface area contributed by atoms with Crippen molar-refractivity contribution in [3.63, 3.8) is 0 Å². The summed E-state index contributed by atoms with van der Waals surface area (Å²) in [5, 5.41) is 0. The highest BCUT2D eigenvalue weighted by Gasteiger charge is 2.36. The number of sulfonamides is 1. The van der Waals surface area contributed by atoms with Gasteiger partial charge in [0.15, 0.2) is 0 Å². The predicted octanol–water partition coefficient (Wildman–Crippen LogP) is 2.03. The molecule has 6 heteroatoms. The largest absolute Gasteiger partial charge is 0.383 e. The summed E-state index contributed by atoms with van der Waals surface area (Å²) in [6, 6.07) is 5.95. The van der Waals surface area contributed by atoms with Gasteiger partial charge in [0.25, 0.3) is 0 Å². The standard InChI is InChI=1S/C17H28N2O3S/c1-13-6-7-14(2)17(10-13)23(20,21)18-11-15(3)19(8-9-22-5)16(4)12-18/h6-7,10,15-16H,8-9,11-12H2,1-5H3. The molecule has 2 rings (SSSR count). The van der Waals surface area contributed by atoms with Crippen LogP contribution in [-0.2, 0) is 14.8 Å². The maximum Gasteiger partial charge on any atom is 0.243 e. The molecule has 1 aromatic rings. The van der Waals surface area contributed by atoms with E-state index in [1.807, 2.05) is 26.0 Å². The van der Waals surface area contributed by atoms with E-state index in [-0.39, 0.29) is 12.1 Å². The van der Waals surface area contributed by atoms with Crippen LogP contribution in [0.3, 0.4) is 0 Å². The molecule has 2 atom stereocenters. The number of hydrogen-bond donors (Lipinski definition) is 0. The van der Waals surface area contributed by atoms with Crippen LogP contribution in [0.15, 0.2) is 23.1 Å². The molecule has 23 heavy (non-hydrogen) atoms. The van der Waals surface area contributed by atoms with Crippen molar-refractivity contribution in [3.8, 4) is 0 Å². The minimum absolute atomic E-state index is 0.175. The van der Waals surface area contributed by atoms with Gasteiger partial charge in [-0.05, 0) is 44.9 Å². The topological polar surface area (TPSA) is 49.9 Å². The summed E-state index contributed by atoms with van der Waals surface area (Å²) >= 11 is 0. The fourth-order valence-electron chi connectivity index (χ4n) is 3.27. The summed E-state index contributed by atoms with van der Waals surface area (Å²) in [6.45, 7) is 10.5.